The van der Waals surface area contributed by atoms with E-state index in [1.54, 1.807) is 30.3 Å². The number of hydrogen-bond donors (Lipinski definition) is 2. The summed E-state index contributed by atoms with van der Waals surface area (Å²) in [4.78, 5) is 40.3. The molecule has 2 N–H and O–H groups in total. The van der Waals surface area contributed by atoms with Gasteiger partial charge in [0.25, 0.3) is 5.91 Å². The van der Waals surface area contributed by atoms with E-state index in [-0.39, 0.29) is 49.3 Å². The standard InChI is InChI=1S/C27H33ClFN3O4/c1-18(2)12-22-17-36-24-9-8-20(28)15-23(24)27(35)30-10-3-4-11-32(16-25(33)31-22)26(34)14-19-6-5-7-21(29)13-19/h5-9,13,15,18,22H,3-4,10-12,14,16-17H2,1-2H3,(H,30,35)(H,31,33)/t22-/m1/s1. The molecule has 1 heterocycles. The van der Waals surface area contributed by atoms with Gasteiger partial charge in [-0.05, 0) is 61.1 Å². The molecule has 9 heteroatoms. The molecule has 0 fully saturated rings. The molecule has 3 amide bonds. The molecule has 0 unspecified atom stereocenters. The SMILES string of the molecule is CC(C)C[C@@H]1COc2ccc(Cl)cc2C(=O)NCCCCN(C(=O)Cc2cccc(F)c2)CC(=O)N1. The lowest BCUT2D eigenvalue weighted by Gasteiger charge is -2.25. The van der Waals surface area contributed by atoms with Gasteiger partial charge >= 0.3 is 0 Å². The minimum atomic E-state index is -0.412. The molecule has 7 nitrogen and oxygen atoms in total. The van der Waals surface area contributed by atoms with Crippen LogP contribution in [0.15, 0.2) is 42.5 Å². The van der Waals surface area contributed by atoms with Gasteiger partial charge in [-0.1, -0.05) is 37.6 Å². The summed E-state index contributed by atoms with van der Waals surface area (Å²) in [6.07, 6.45) is 1.83. The third-order valence-corrected chi connectivity index (χ3v) is 6.05. The Kier molecular flexibility index (Phi) is 10.1. The lowest BCUT2D eigenvalue weighted by molar-refractivity contribution is -0.136. The van der Waals surface area contributed by atoms with Crippen molar-refractivity contribution in [1.82, 2.24) is 15.5 Å². The second-order valence-electron chi connectivity index (χ2n) is 9.43. The molecule has 0 saturated carbocycles. The highest BCUT2D eigenvalue weighted by Gasteiger charge is 2.22. The Bertz CT molecular complexity index is 1080. The molecule has 0 aliphatic carbocycles. The molecule has 2 aromatic rings. The number of carbonyl (C=O) groups is 3. The molecule has 0 saturated heterocycles. The number of benzene rings is 2. The summed E-state index contributed by atoms with van der Waals surface area (Å²) in [5, 5.41) is 6.28. The second-order valence-corrected chi connectivity index (χ2v) is 9.87. The molecule has 0 bridgehead atoms. The van der Waals surface area contributed by atoms with Crippen LogP contribution in [0.5, 0.6) is 5.75 Å². The maximum absolute atomic E-state index is 13.6. The van der Waals surface area contributed by atoms with Gasteiger partial charge in [0.2, 0.25) is 11.8 Å². The number of carbonyl (C=O) groups excluding carboxylic acids is 3. The highest BCUT2D eigenvalue weighted by Crippen LogP contribution is 2.24. The lowest BCUT2D eigenvalue weighted by Crippen LogP contribution is -2.47. The molecule has 0 spiro atoms. The van der Waals surface area contributed by atoms with Crippen LogP contribution in [0.4, 0.5) is 4.39 Å². The predicted molar refractivity (Wildman–Crippen MR) is 137 cm³/mol. The third kappa shape index (κ3) is 8.52. The van der Waals surface area contributed by atoms with Gasteiger partial charge in [0.1, 0.15) is 18.2 Å². The van der Waals surface area contributed by atoms with Crippen LogP contribution in [0.2, 0.25) is 5.02 Å². The third-order valence-electron chi connectivity index (χ3n) is 5.82. The van der Waals surface area contributed by atoms with Crippen LogP contribution in [0, 0.1) is 11.7 Å². The van der Waals surface area contributed by atoms with Crippen LogP contribution in [-0.2, 0) is 16.0 Å². The smallest absolute Gasteiger partial charge is 0.255 e. The number of hydrogen-bond acceptors (Lipinski definition) is 4. The van der Waals surface area contributed by atoms with Crippen molar-refractivity contribution in [1.29, 1.82) is 0 Å². The number of amides is 3. The van der Waals surface area contributed by atoms with E-state index in [0.29, 0.717) is 54.3 Å². The van der Waals surface area contributed by atoms with Crippen LogP contribution in [0.1, 0.15) is 49.0 Å². The fourth-order valence-corrected chi connectivity index (χ4v) is 4.30. The first-order valence-corrected chi connectivity index (χ1v) is 12.6. The number of nitrogens with one attached hydrogen (secondary N) is 2. The van der Waals surface area contributed by atoms with Crippen molar-refractivity contribution < 1.29 is 23.5 Å². The number of nitrogens with zero attached hydrogens (tertiary/aromatic N) is 1. The van der Waals surface area contributed by atoms with E-state index in [9.17, 15) is 18.8 Å². The van der Waals surface area contributed by atoms with E-state index in [0.717, 1.165) is 0 Å². The van der Waals surface area contributed by atoms with Gasteiger partial charge in [0.05, 0.1) is 24.6 Å². The lowest BCUT2D eigenvalue weighted by atomic mass is 10.0. The first kappa shape index (κ1) is 27.5. The zero-order chi connectivity index (χ0) is 26.1. The number of ether oxygens (including phenoxy) is 1. The molecule has 36 heavy (non-hydrogen) atoms. The average Bonchev–Trinajstić information content (AvgIpc) is 2.81. The zero-order valence-corrected chi connectivity index (χ0v) is 21.4. The van der Waals surface area contributed by atoms with Crippen molar-refractivity contribution in [3.63, 3.8) is 0 Å². The summed E-state index contributed by atoms with van der Waals surface area (Å²) >= 11 is 6.11. The molecule has 1 aliphatic heterocycles. The molecule has 0 aromatic heterocycles. The molecule has 194 valence electrons. The van der Waals surface area contributed by atoms with Crippen molar-refractivity contribution in [2.24, 2.45) is 5.92 Å². The molecular formula is C27H33ClFN3O4. The van der Waals surface area contributed by atoms with Crippen LogP contribution < -0.4 is 15.4 Å². The predicted octanol–water partition coefficient (Wildman–Crippen LogP) is 3.98. The topological polar surface area (TPSA) is 87.7 Å². The molecular weight excluding hydrogens is 485 g/mol. The summed E-state index contributed by atoms with van der Waals surface area (Å²) in [5.41, 5.74) is 0.880. The molecule has 0 radical (unpaired) electrons. The number of rotatable bonds is 4. The molecule has 3 rings (SSSR count). The highest BCUT2D eigenvalue weighted by molar-refractivity contribution is 6.31. The Morgan fingerprint density at radius 1 is 1.19 bits per heavy atom. The van der Waals surface area contributed by atoms with Gasteiger partial charge in [-0.15, -0.1) is 0 Å². The second kappa shape index (κ2) is 13.3. The van der Waals surface area contributed by atoms with Gasteiger partial charge < -0.3 is 20.3 Å². The van der Waals surface area contributed by atoms with Crippen molar-refractivity contribution in [3.8, 4) is 5.75 Å². The summed E-state index contributed by atoms with van der Waals surface area (Å²) in [6.45, 7) is 4.85. The van der Waals surface area contributed by atoms with Crippen molar-refractivity contribution in [2.75, 3.05) is 26.2 Å². The van der Waals surface area contributed by atoms with E-state index in [4.69, 9.17) is 16.3 Å². The Hall–Kier alpha value is -3.13. The summed E-state index contributed by atoms with van der Waals surface area (Å²) in [6, 6.07) is 10.4. The summed E-state index contributed by atoms with van der Waals surface area (Å²) in [5.74, 6) is -0.600. The van der Waals surface area contributed by atoms with E-state index in [2.05, 4.69) is 10.6 Å². The minimum absolute atomic E-state index is 0.00359. The Morgan fingerprint density at radius 3 is 2.75 bits per heavy atom. The monoisotopic (exact) mass is 517 g/mol. The van der Waals surface area contributed by atoms with Crippen LogP contribution in [0.25, 0.3) is 0 Å². The quantitative estimate of drug-likeness (QED) is 0.642. The fourth-order valence-electron chi connectivity index (χ4n) is 4.13. The first-order chi connectivity index (χ1) is 17.2. The van der Waals surface area contributed by atoms with Crippen molar-refractivity contribution in [3.05, 3.63) is 64.4 Å². The van der Waals surface area contributed by atoms with Crippen LogP contribution in [0.3, 0.4) is 0 Å². The minimum Gasteiger partial charge on any atom is -0.491 e. The van der Waals surface area contributed by atoms with Crippen LogP contribution >= 0.6 is 11.6 Å². The Balaban J connectivity index is 1.78. The van der Waals surface area contributed by atoms with Crippen molar-refractivity contribution in [2.45, 2.75) is 45.6 Å². The fraction of sp³-hybridized carbons (Fsp3) is 0.444. The normalized spacial score (nSPS) is 17.8. The maximum Gasteiger partial charge on any atom is 0.255 e. The Labute approximate surface area is 216 Å². The average molecular weight is 518 g/mol. The number of halogens is 2. The highest BCUT2D eigenvalue weighted by atomic mass is 35.5. The van der Waals surface area contributed by atoms with Gasteiger partial charge in [0, 0.05) is 18.1 Å². The molecule has 1 atom stereocenters. The summed E-state index contributed by atoms with van der Waals surface area (Å²) in [7, 11) is 0. The zero-order valence-electron chi connectivity index (χ0n) is 20.7. The first-order valence-electron chi connectivity index (χ1n) is 12.2. The van der Waals surface area contributed by atoms with Gasteiger partial charge in [-0.25, -0.2) is 4.39 Å². The summed E-state index contributed by atoms with van der Waals surface area (Å²) < 4.78 is 19.5. The molecule has 1 aliphatic rings. The van der Waals surface area contributed by atoms with Crippen LogP contribution in [-0.4, -0.2) is 54.9 Å². The van der Waals surface area contributed by atoms with E-state index in [1.165, 1.54) is 17.0 Å². The van der Waals surface area contributed by atoms with Crippen molar-refractivity contribution >= 4 is 29.3 Å². The maximum atomic E-state index is 13.6. The van der Waals surface area contributed by atoms with E-state index in [1.807, 2.05) is 13.8 Å². The van der Waals surface area contributed by atoms with Gasteiger partial charge in [-0.3, -0.25) is 14.4 Å². The number of fused-ring (bicyclic) bond motifs is 1. The van der Waals surface area contributed by atoms with E-state index >= 15 is 0 Å². The van der Waals surface area contributed by atoms with E-state index < -0.39 is 5.82 Å². The van der Waals surface area contributed by atoms with Gasteiger partial charge in [-0.2, -0.15) is 0 Å². The van der Waals surface area contributed by atoms with Gasteiger partial charge in [0.15, 0.2) is 0 Å². The largest absolute Gasteiger partial charge is 0.491 e. The Morgan fingerprint density at radius 2 is 2.00 bits per heavy atom. The molecule has 2 aromatic carbocycles.